The molecule has 0 aliphatic carbocycles. The van der Waals surface area contributed by atoms with Gasteiger partial charge in [-0.2, -0.15) is 0 Å². The molecule has 0 aliphatic heterocycles. The molecule has 0 N–H and O–H groups in total. The molecule has 0 atom stereocenters. The number of hydrogen-bond donors (Lipinski definition) is 0. The molecule has 8 aromatic rings. The highest BCUT2D eigenvalue weighted by Gasteiger charge is 2.22. The number of nitrogens with zero attached hydrogens (tertiary/aromatic N) is 3. The topological polar surface area (TPSA) is 51.8 Å². The molecule has 0 spiro atoms. The Labute approximate surface area is 259 Å². The number of furan rings is 1. The van der Waals surface area contributed by atoms with Gasteiger partial charge in [0.1, 0.15) is 11.2 Å². The zero-order valence-corrected chi connectivity index (χ0v) is 24.2. The van der Waals surface area contributed by atoms with Crippen molar-refractivity contribution in [2.75, 3.05) is 0 Å². The van der Waals surface area contributed by atoms with Gasteiger partial charge in [0.25, 0.3) is 0 Å². The Kier molecular flexibility index (Phi) is 6.47. The Morgan fingerprint density at radius 2 is 0.909 bits per heavy atom. The van der Waals surface area contributed by atoms with Crippen LogP contribution in [0.4, 0.5) is 0 Å². The Balaban J connectivity index is 1.43. The zero-order valence-electron chi connectivity index (χ0n) is 23.5. The van der Waals surface area contributed by atoms with Crippen LogP contribution >= 0.6 is 11.6 Å². The van der Waals surface area contributed by atoms with Crippen molar-refractivity contribution in [2.24, 2.45) is 0 Å². The summed E-state index contributed by atoms with van der Waals surface area (Å²) in [4.78, 5) is 14.8. The minimum absolute atomic E-state index is 0.517. The minimum Gasteiger partial charge on any atom is -0.455 e. The lowest BCUT2D eigenvalue weighted by Crippen LogP contribution is -2.00. The molecular weight excluding hydrogens is 562 g/mol. The maximum Gasteiger partial charge on any atom is 0.167 e. The molecule has 0 aliphatic rings. The van der Waals surface area contributed by atoms with Gasteiger partial charge in [0.05, 0.1) is 10.6 Å². The fourth-order valence-corrected chi connectivity index (χ4v) is 5.93. The van der Waals surface area contributed by atoms with E-state index in [1.165, 1.54) is 0 Å². The maximum atomic E-state index is 6.97. The summed E-state index contributed by atoms with van der Waals surface area (Å²) in [7, 11) is 0. The molecule has 5 heteroatoms. The molecule has 0 saturated heterocycles. The normalized spacial score (nSPS) is 11.3. The van der Waals surface area contributed by atoms with Crippen LogP contribution in [0.1, 0.15) is 0 Å². The lowest BCUT2D eigenvalue weighted by Gasteiger charge is -2.09. The van der Waals surface area contributed by atoms with Crippen LogP contribution in [0.25, 0.3) is 78.4 Å². The van der Waals surface area contributed by atoms with Gasteiger partial charge in [-0.3, -0.25) is 0 Å². The number of aromatic nitrogens is 3. The van der Waals surface area contributed by atoms with E-state index in [1.807, 2.05) is 97.1 Å². The molecule has 2 aromatic heterocycles. The Hall–Kier alpha value is -5.58. The molecule has 0 unspecified atom stereocenters. The highest BCUT2D eigenvalue weighted by Crippen LogP contribution is 2.44. The van der Waals surface area contributed by atoms with Crippen molar-refractivity contribution in [3.8, 4) is 56.4 Å². The van der Waals surface area contributed by atoms with Crippen molar-refractivity contribution >= 4 is 33.5 Å². The smallest absolute Gasteiger partial charge is 0.167 e. The number of rotatable bonds is 5. The van der Waals surface area contributed by atoms with Crippen LogP contribution in [0.15, 0.2) is 150 Å². The van der Waals surface area contributed by atoms with Crippen LogP contribution in [0.2, 0.25) is 5.02 Å². The number of hydrogen-bond acceptors (Lipinski definition) is 4. The second-order valence-electron chi connectivity index (χ2n) is 10.6. The van der Waals surface area contributed by atoms with E-state index in [0.717, 1.165) is 55.3 Å². The molecule has 44 heavy (non-hydrogen) atoms. The van der Waals surface area contributed by atoms with Crippen molar-refractivity contribution in [1.29, 1.82) is 0 Å². The SMILES string of the molecule is Clc1ccc(-c2nc(-c3ccccc3)nc(-c3ccccc3)n2)c2oc3c(-c4ccccc4)cc(-c4ccccc4)cc3c12. The third-order valence-corrected chi connectivity index (χ3v) is 8.12. The Morgan fingerprint density at radius 3 is 1.48 bits per heavy atom. The van der Waals surface area contributed by atoms with E-state index in [0.29, 0.717) is 28.1 Å². The highest BCUT2D eigenvalue weighted by molar-refractivity contribution is 6.38. The summed E-state index contributed by atoms with van der Waals surface area (Å²) in [6.07, 6.45) is 0. The van der Waals surface area contributed by atoms with Gasteiger partial charge in [-0.25, -0.2) is 15.0 Å². The lowest BCUT2D eigenvalue weighted by atomic mass is 9.95. The highest BCUT2D eigenvalue weighted by atomic mass is 35.5. The number of benzene rings is 6. The standard InChI is InChI=1S/C39H24ClN3O/c40-33-22-21-30(39-42-37(27-17-9-3-10-18-27)41-38(43-39)28-19-11-4-12-20-28)36-34(33)32-24-29(25-13-5-1-6-14-25)23-31(35(32)44-36)26-15-7-2-8-16-26/h1-24H. The summed E-state index contributed by atoms with van der Waals surface area (Å²) in [5.41, 5.74) is 8.21. The van der Waals surface area contributed by atoms with Gasteiger partial charge in [0.2, 0.25) is 0 Å². The Bertz CT molecular complexity index is 2210. The second kappa shape index (κ2) is 10.9. The largest absolute Gasteiger partial charge is 0.455 e. The van der Waals surface area contributed by atoms with Gasteiger partial charge in [-0.15, -0.1) is 0 Å². The van der Waals surface area contributed by atoms with Gasteiger partial charge in [-0.05, 0) is 41.0 Å². The fraction of sp³-hybridized carbons (Fsp3) is 0. The van der Waals surface area contributed by atoms with Gasteiger partial charge in [0.15, 0.2) is 17.5 Å². The van der Waals surface area contributed by atoms with Crippen molar-refractivity contribution in [1.82, 2.24) is 15.0 Å². The molecule has 0 bridgehead atoms. The van der Waals surface area contributed by atoms with Crippen LogP contribution < -0.4 is 0 Å². The summed E-state index contributed by atoms with van der Waals surface area (Å²) < 4.78 is 6.80. The van der Waals surface area contributed by atoms with E-state index in [9.17, 15) is 0 Å². The molecule has 8 rings (SSSR count). The summed E-state index contributed by atoms with van der Waals surface area (Å²) in [5.74, 6) is 1.69. The van der Waals surface area contributed by atoms with Crippen molar-refractivity contribution in [3.63, 3.8) is 0 Å². The number of halogens is 1. The van der Waals surface area contributed by atoms with Gasteiger partial charge >= 0.3 is 0 Å². The molecule has 4 nitrogen and oxygen atoms in total. The quantitative estimate of drug-likeness (QED) is 0.201. The predicted molar refractivity (Wildman–Crippen MR) is 179 cm³/mol. The summed E-state index contributed by atoms with van der Waals surface area (Å²) in [5, 5.41) is 2.37. The van der Waals surface area contributed by atoms with E-state index < -0.39 is 0 Å². The first-order valence-corrected chi connectivity index (χ1v) is 14.8. The monoisotopic (exact) mass is 585 g/mol. The Morgan fingerprint density at radius 1 is 0.409 bits per heavy atom. The van der Waals surface area contributed by atoms with Gasteiger partial charge in [0, 0.05) is 27.5 Å². The van der Waals surface area contributed by atoms with Crippen LogP contribution in [-0.2, 0) is 0 Å². The van der Waals surface area contributed by atoms with E-state index in [1.54, 1.807) is 0 Å². The zero-order chi connectivity index (χ0) is 29.5. The average Bonchev–Trinajstić information content (AvgIpc) is 3.50. The van der Waals surface area contributed by atoms with Crippen molar-refractivity contribution < 1.29 is 4.42 Å². The molecule has 0 fully saturated rings. The minimum atomic E-state index is 0.517. The molecular formula is C39H24ClN3O. The molecule has 0 saturated carbocycles. The third-order valence-electron chi connectivity index (χ3n) is 7.80. The summed E-state index contributed by atoms with van der Waals surface area (Å²) >= 11 is 6.97. The van der Waals surface area contributed by atoms with E-state index >= 15 is 0 Å². The predicted octanol–water partition coefficient (Wildman–Crippen LogP) is 10.8. The lowest BCUT2D eigenvalue weighted by molar-refractivity contribution is 0.670. The fourth-order valence-electron chi connectivity index (χ4n) is 5.68. The van der Waals surface area contributed by atoms with E-state index in [4.69, 9.17) is 31.0 Å². The first-order chi connectivity index (χ1) is 21.7. The van der Waals surface area contributed by atoms with Gasteiger partial charge in [-0.1, -0.05) is 133 Å². The van der Waals surface area contributed by atoms with Crippen LogP contribution in [0.5, 0.6) is 0 Å². The second-order valence-corrected chi connectivity index (χ2v) is 11.0. The van der Waals surface area contributed by atoms with Crippen molar-refractivity contribution in [3.05, 3.63) is 151 Å². The van der Waals surface area contributed by atoms with Crippen LogP contribution in [-0.4, -0.2) is 15.0 Å². The molecule has 0 amide bonds. The number of fused-ring (bicyclic) bond motifs is 3. The van der Waals surface area contributed by atoms with Crippen LogP contribution in [0, 0.1) is 0 Å². The summed E-state index contributed by atoms with van der Waals surface area (Å²) in [6.45, 7) is 0. The first kappa shape index (κ1) is 26.1. The maximum absolute atomic E-state index is 6.97. The van der Waals surface area contributed by atoms with Crippen LogP contribution in [0.3, 0.4) is 0 Å². The van der Waals surface area contributed by atoms with E-state index in [-0.39, 0.29) is 0 Å². The molecule has 6 aromatic carbocycles. The third kappa shape index (κ3) is 4.62. The molecule has 208 valence electrons. The molecule has 2 heterocycles. The van der Waals surface area contributed by atoms with Crippen molar-refractivity contribution in [2.45, 2.75) is 0 Å². The molecule has 0 radical (unpaired) electrons. The van der Waals surface area contributed by atoms with E-state index in [2.05, 4.69) is 48.5 Å². The first-order valence-electron chi connectivity index (χ1n) is 14.4. The summed E-state index contributed by atoms with van der Waals surface area (Å²) in [6, 6.07) is 48.8. The average molecular weight is 586 g/mol. The van der Waals surface area contributed by atoms with Gasteiger partial charge < -0.3 is 4.42 Å².